The molecule has 0 atom stereocenters. The number of nitrogens with one attached hydrogen (secondary N) is 1. The minimum absolute atomic E-state index is 0.0485. The van der Waals surface area contributed by atoms with Gasteiger partial charge in [-0.3, -0.25) is 0 Å². The molecule has 0 aliphatic heterocycles. The number of urea groups is 1. The molecule has 0 spiro atoms. The van der Waals surface area contributed by atoms with E-state index in [2.05, 4.69) is 33.0 Å². The van der Waals surface area contributed by atoms with Gasteiger partial charge in [0.15, 0.2) is 0 Å². The minimum atomic E-state index is 0.0485. The van der Waals surface area contributed by atoms with Gasteiger partial charge in [-0.2, -0.15) is 0 Å². The molecule has 3 heteroatoms. The van der Waals surface area contributed by atoms with Crippen LogP contribution in [0.25, 0.3) is 0 Å². The van der Waals surface area contributed by atoms with Crippen LogP contribution in [0.1, 0.15) is 40.5 Å². The second kappa shape index (κ2) is 6.68. The largest absolute Gasteiger partial charge is 0.335 e. The Morgan fingerprint density at radius 2 is 1.79 bits per heavy atom. The van der Waals surface area contributed by atoms with Gasteiger partial charge in [0.05, 0.1) is 0 Å². The molecule has 0 saturated heterocycles. The van der Waals surface area contributed by atoms with Crippen molar-refractivity contribution in [3.05, 3.63) is 0 Å². The van der Waals surface area contributed by atoms with Gasteiger partial charge in [0, 0.05) is 19.6 Å². The first kappa shape index (κ1) is 13.3. The molecule has 2 amide bonds. The number of carbonyl (C=O) groups excluding carboxylic acids is 1. The van der Waals surface area contributed by atoms with Crippen molar-refractivity contribution in [2.24, 2.45) is 5.92 Å². The summed E-state index contributed by atoms with van der Waals surface area (Å²) in [4.78, 5) is 13.4. The summed E-state index contributed by atoms with van der Waals surface area (Å²) in [7, 11) is 1.84. The molecule has 0 radical (unpaired) electrons. The molecular formula is C11H24N2O. The van der Waals surface area contributed by atoms with E-state index in [0.717, 1.165) is 19.4 Å². The third-order valence-electron chi connectivity index (χ3n) is 2.30. The van der Waals surface area contributed by atoms with Crippen LogP contribution in [-0.4, -0.2) is 30.6 Å². The van der Waals surface area contributed by atoms with Gasteiger partial charge >= 0.3 is 6.03 Å². The van der Waals surface area contributed by atoms with Crippen molar-refractivity contribution in [2.45, 2.75) is 46.6 Å². The fourth-order valence-electron chi connectivity index (χ4n) is 1.41. The first-order valence-electron chi connectivity index (χ1n) is 5.52. The molecule has 0 fully saturated rings. The molecule has 14 heavy (non-hydrogen) atoms. The maximum atomic E-state index is 11.6. The van der Waals surface area contributed by atoms with Crippen LogP contribution in [0.15, 0.2) is 0 Å². The van der Waals surface area contributed by atoms with E-state index < -0.39 is 0 Å². The van der Waals surface area contributed by atoms with Crippen LogP contribution in [0, 0.1) is 5.92 Å². The first-order valence-corrected chi connectivity index (χ1v) is 5.52. The van der Waals surface area contributed by atoms with Crippen molar-refractivity contribution >= 4 is 6.03 Å². The maximum absolute atomic E-state index is 11.6. The van der Waals surface area contributed by atoms with Crippen LogP contribution in [0.4, 0.5) is 4.79 Å². The average molecular weight is 200 g/mol. The molecule has 0 aromatic rings. The monoisotopic (exact) mass is 200 g/mol. The number of hydrogen-bond donors (Lipinski definition) is 1. The quantitative estimate of drug-likeness (QED) is 0.726. The summed E-state index contributed by atoms with van der Waals surface area (Å²) in [6.07, 6.45) is 2.00. The Bertz CT molecular complexity index is 165. The summed E-state index contributed by atoms with van der Waals surface area (Å²) in [5.41, 5.74) is 0. The smallest absolute Gasteiger partial charge is 0.317 e. The Hall–Kier alpha value is -0.730. The lowest BCUT2D eigenvalue weighted by molar-refractivity contribution is 0.198. The van der Waals surface area contributed by atoms with Crippen LogP contribution in [0.3, 0.4) is 0 Å². The van der Waals surface area contributed by atoms with Crippen molar-refractivity contribution in [1.82, 2.24) is 10.2 Å². The van der Waals surface area contributed by atoms with E-state index >= 15 is 0 Å². The highest BCUT2D eigenvalue weighted by molar-refractivity contribution is 5.74. The Morgan fingerprint density at radius 1 is 1.29 bits per heavy atom. The highest BCUT2D eigenvalue weighted by Crippen LogP contribution is 2.00. The molecule has 0 bridgehead atoms. The van der Waals surface area contributed by atoms with E-state index in [0.29, 0.717) is 12.0 Å². The van der Waals surface area contributed by atoms with Crippen LogP contribution in [-0.2, 0) is 0 Å². The second-order valence-electron chi connectivity index (χ2n) is 4.24. The fraction of sp³-hybridized carbons (Fsp3) is 0.909. The topological polar surface area (TPSA) is 32.3 Å². The molecule has 0 aliphatic carbocycles. The number of carbonyl (C=O) groups is 1. The Balaban J connectivity index is 3.93. The van der Waals surface area contributed by atoms with Gasteiger partial charge in [0.25, 0.3) is 0 Å². The highest BCUT2D eigenvalue weighted by Gasteiger charge is 2.12. The Kier molecular flexibility index (Phi) is 6.34. The van der Waals surface area contributed by atoms with Crippen LogP contribution >= 0.6 is 0 Å². The average Bonchev–Trinajstić information content (AvgIpc) is 2.12. The zero-order valence-electron chi connectivity index (χ0n) is 10.1. The standard InChI is InChI=1S/C11H24N2O/c1-6-10(7-2)12-11(14)13(5)8-9(3)4/h9-10H,6-8H2,1-5H3,(H,12,14). The fourth-order valence-corrected chi connectivity index (χ4v) is 1.41. The molecule has 0 unspecified atom stereocenters. The van der Waals surface area contributed by atoms with Crippen LogP contribution in [0.5, 0.6) is 0 Å². The molecule has 3 nitrogen and oxygen atoms in total. The predicted octanol–water partition coefficient (Wildman–Crippen LogP) is 2.47. The number of nitrogens with zero attached hydrogens (tertiary/aromatic N) is 1. The minimum Gasteiger partial charge on any atom is -0.335 e. The van der Waals surface area contributed by atoms with Gasteiger partial charge < -0.3 is 10.2 Å². The SMILES string of the molecule is CCC(CC)NC(=O)N(C)CC(C)C. The molecule has 0 aliphatic rings. The molecule has 84 valence electrons. The summed E-state index contributed by atoms with van der Waals surface area (Å²) in [5.74, 6) is 0.521. The molecule has 0 heterocycles. The Morgan fingerprint density at radius 3 is 2.14 bits per heavy atom. The zero-order valence-corrected chi connectivity index (χ0v) is 10.1. The highest BCUT2D eigenvalue weighted by atomic mass is 16.2. The van der Waals surface area contributed by atoms with E-state index in [9.17, 15) is 4.79 Å². The third kappa shape index (κ3) is 5.10. The number of rotatable bonds is 5. The Labute approximate surface area is 87.9 Å². The molecule has 0 aromatic heterocycles. The van der Waals surface area contributed by atoms with E-state index in [4.69, 9.17) is 0 Å². The van der Waals surface area contributed by atoms with E-state index in [1.54, 1.807) is 4.90 Å². The summed E-state index contributed by atoms with van der Waals surface area (Å²) in [6.45, 7) is 9.22. The van der Waals surface area contributed by atoms with E-state index in [1.807, 2.05) is 7.05 Å². The predicted molar refractivity (Wildman–Crippen MR) is 60.4 cm³/mol. The van der Waals surface area contributed by atoms with Gasteiger partial charge in [0.2, 0.25) is 0 Å². The van der Waals surface area contributed by atoms with E-state index in [-0.39, 0.29) is 6.03 Å². The van der Waals surface area contributed by atoms with Crippen molar-refractivity contribution in [3.63, 3.8) is 0 Å². The van der Waals surface area contributed by atoms with Gasteiger partial charge in [-0.1, -0.05) is 27.7 Å². The van der Waals surface area contributed by atoms with Crippen molar-refractivity contribution < 1.29 is 4.79 Å². The second-order valence-corrected chi connectivity index (χ2v) is 4.24. The summed E-state index contributed by atoms with van der Waals surface area (Å²) < 4.78 is 0. The molecule has 0 saturated carbocycles. The van der Waals surface area contributed by atoms with Gasteiger partial charge in [0.1, 0.15) is 0 Å². The summed E-state index contributed by atoms with van der Waals surface area (Å²) >= 11 is 0. The van der Waals surface area contributed by atoms with Crippen molar-refractivity contribution in [1.29, 1.82) is 0 Å². The number of amides is 2. The molecular weight excluding hydrogens is 176 g/mol. The van der Waals surface area contributed by atoms with Gasteiger partial charge in [-0.15, -0.1) is 0 Å². The van der Waals surface area contributed by atoms with Crippen LogP contribution in [0.2, 0.25) is 0 Å². The third-order valence-corrected chi connectivity index (χ3v) is 2.30. The molecule has 1 N–H and O–H groups in total. The number of hydrogen-bond acceptors (Lipinski definition) is 1. The molecule has 0 rings (SSSR count). The lowest BCUT2D eigenvalue weighted by Gasteiger charge is -2.23. The van der Waals surface area contributed by atoms with E-state index in [1.165, 1.54) is 0 Å². The lowest BCUT2D eigenvalue weighted by Crippen LogP contribution is -2.43. The summed E-state index contributed by atoms with van der Waals surface area (Å²) in [6, 6.07) is 0.365. The first-order chi connectivity index (χ1) is 6.51. The van der Waals surface area contributed by atoms with Gasteiger partial charge in [-0.25, -0.2) is 4.79 Å². The summed E-state index contributed by atoms with van der Waals surface area (Å²) in [5, 5.41) is 3.01. The normalized spacial score (nSPS) is 10.8. The lowest BCUT2D eigenvalue weighted by atomic mass is 10.2. The van der Waals surface area contributed by atoms with Crippen molar-refractivity contribution in [2.75, 3.05) is 13.6 Å². The van der Waals surface area contributed by atoms with Crippen LogP contribution < -0.4 is 5.32 Å². The molecule has 0 aromatic carbocycles. The maximum Gasteiger partial charge on any atom is 0.317 e. The van der Waals surface area contributed by atoms with Crippen molar-refractivity contribution in [3.8, 4) is 0 Å². The zero-order chi connectivity index (χ0) is 11.1. The van der Waals surface area contributed by atoms with Gasteiger partial charge in [-0.05, 0) is 18.8 Å².